The Morgan fingerprint density at radius 2 is 2.32 bits per heavy atom. The molecule has 2 aromatic rings. The number of methoxy groups -OCH3 is 1. The molecule has 0 fully saturated rings. The minimum Gasteiger partial charge on any atom is -0.465 e. The van der Waals surface area contributed by atoms with Gasteiger partial charge in [0.15, 0.2) is 0 Å². The first-order valence-electron chi connectivity index (χ1n) is 5.64. The van der Waals surface area contributed by atoms with Crippen LogP contribution >= 0.6 is 22.9 Å². The number of benzene rings is 1. The lowest BCUT2D eigenvalue weighted by molar-refractivity contribution is 0.0601. The molecule has 2 rings (SSSR count). The molecule has 1 aromatic heterocycles. The number of carbonyl (C=O) groups excluding carboxylic acids is 1. The number of aromatic nitrogens is 1. The Bertz CT molecular complexity index is 572. The molecule has 0 aliphatic carbocycles. The summed E-state index contributed by atoms with van der Waals surface area (Å²) < 4.78 is 4.69. The molecule has 0 radical (unpaired) electrons. The molecule has 0 spiro atoms. The van der Waals surface area contributed by atoms with Crippen LogP contribution in [0.25, 0.3) is 0 Å². The van der Waals surface area contributed by atoms with Crippen molar-refractivity contribution in [3.63, 3.8) is 0 Å². The zero-order chi connectivity index (χ0) is 13.8. The quantitative estimate of drug-likeness (QED) is 0.873. The number of halogens is 1. The number of thiazole rings is 1. The first-order valence-corrected chi connectivity index (χ1v) is 6.96. The van der Waals surface area contributed by atoms with Crippen LogP contribution in [0.15, 0.2) is 29.1 Å². The normalized spacial score (nSPS) is 11.9. The maximum atomic E-state index is 11.5. The van der Waals surface area contributed by atoms with E-state index in [2.05, 4.69) is 15.0 Å². The van der Waals surface area contributed by atoms with Crippen molar-refractivity contribution in [2.24, 2.45) is 0 Å². The van der Waals surface area contributed by atoms with Crippen molar-refractivity contribution in [3.8, 4) is 0 Å². The van der Waals surface area contributed by atoms with Crippen LogP contribution < -0.4 is 5.32 Å². The number of nitrogens with zero attached hydrogens (tertiary/aromatic N) is 1. The minimum atomic E-state index is -0.388. The van der Waals surface area contributed by atoms with Gasteiger partial charge in [-0.1, -0.05) is 11.6 Å². The van der Waals surface area contributed by atoms with Gasteiger partial charge in [-0.25, -0.2) is 9.78 Å². The molecule has 1 heterocycles. The average molecular weight is 297 g/mol. The molecule has 4 nitrogen and oxygen atoms in total. The summed E-state index contributed by atoms with van der Waals surface area (Å²) in [6.45, 7) is 1.98. The van der Waals surface area contributed by atoms with E-state index in [1.165, 1.54) is 18.4 Å². The van der Waals surface area contributed by atoms with E-state index >= 15 is 0 Å². The topological polar surface area (TPSA) is 51.2 Å². The van der Waals surface area contributed by atoms with Crippen LogP contribution in [0.1, 0.15) is 29.0 Å². The highest BCUT2D eigenvalue weighted by Crippen LogP contribution is 2.27. The smallest absolute Gasteiger partial charge is 0.337 e. The number of hydrogen-bond acceptors (Lipinski definition) is 5. The van der Waals surface area contributed by atoms with Crippen LogP contribution in [0, 0.1) is 0 Å². The fourth-order valence-corrected chi connectivity index (χ4v) is 2.44. The van der Waals surface area contributed by atoms with Gasteiger partial charge in [-0.3, -0.25) is 0 Å². The first-order chi connectivity index (χ1) is 9.11. The van der Waals surface area contributed by atoms with E-state index in [0.717, 1.165) is 5.69 Å². The summed E-state index contributed by atoms with van der Waals surface area (Å²) in [5.74, 6) is -0.388. The van der Waals surface area contributed by atoms with Gasteiger partial charge in [-0.05, 0) is 25.1 Å². The molecule has 0 aliphatic heterocycles. The Balaban J connectivity index is 2.22. The van der Waals surface area contributed by atoms with E-state index in [9.17, 15) is 4.79 Å². The largest absolute Gasteiger partial charge is 0.465 e. The van der Waals surface area contributed by atoms with Crippen molar-refractivity contribution in [1.29, 1.82) is 0 Å². The Morgan fingerprint density at radius 3 is 2.95 bits per heavy atom. The number of esters is 1. The molecular weight excluding hydrogens is 284 g/mol. The third-order valence-corrected chi connectivity index (χ3v) is 3.59. The zero-order valence-electron chi connectivity index (χ0n) is 10.5. The highest BCUT2D eigenvalue weighted by molar-refractivity contribution is 7.07. The number of rotatable bonds is 4. The lowest BCUT2D eigenvalue weighted by Gasteiger charge is -2.15. The molecule has 1 atom stereocenters. The Morgan fingerprint density at radius 1 is 1.53 bits per heavy atom. The average Bonchev–Trinajstić information content (AvgIpc) is 2.94. The highest BCUT2D eigenvalue weighted by Gasteiger charge is 2.12. The van der Waals surface area contributed by atoms with Crippen molar-refractivity contribution in [1.82, 2.24) is 4.98 Å². The van der Waals surface area contributed by atoms with E-state index in [4.69, 9.17) is 11.6 Å². The van der Waals surface area contributed by atoms with Crippen LogP contribution in [-0.2, 0) is 4.74 Å². The van der Waals surface area contributed by atoms with E-state index < -0.39 is 0 Å². The van der Waals surface area contributed by atoms with E-state index in [0.29, 0.717) is 16.3 Å². The van der Waals surface area contributed by atoms with Gasteiger partial charge in [0.05, 0.1) is 40.6 Å². The van der Waals surface area contributed by atoms with Crippen LogP contribution in [0.5, 0.6) is 0 Å². The number of nitrogens with one attached hydrogen (secondary N) is 1. The predicted molar refractivity (Wildman–Crippen MR) is 76.9 cm³/mol. The summed E-state index contributed by atoms with van der Waals surface area (Å²) in [4.78, 5) is 15.7. The summed E-state index contributed by atoms with van der Waals surface area (Å²) >= 11 is 7.65. The minimum absolute atomic E-state index is 0.0108. The van der Waals surface area contributed by atoms with Crippen molar-refractivity contribution in [3.05, 3.63) is 45.4 Å². The molecule has 19 heavy (non-hydrogen) atoms. The molecule has 0 bridgehead atoms. The molecule has 0 aliphatic rings. The van der Waals surface area contributed by atoms with E-state index in [-0.39, 0.29) is 12.0 Å². The Kier molecular flexibility index (Phi) is 4.39. The zero-order valence-corrected chi connectivity index (χ0v) is 12.1. The molecule has 0 amide bonds. The van der Waals surface area contributed by atoms with E-state index in [1.54, 1.807) is 23.7 Å². The maximum Gasteiger partial charge on any atom is 0.337 e. The van der Waals surface area contributed by atoms with Crippen molar-refractivity contribution in [2.75, 3.05) is 12.4 Å². The third-order valence-electron chi connectivity index (χ3n) is 2.65. The first kappa shape index (κ1) is 13.8. The van der Waals surface area contributed by atoms with Gasteiger partial charge in [0, 0.05) is 5.38 Å². The van der Waals surface area contributed by atoms with Crippen LogP contribution in [-0.4, -0.2) is 18.1 Å². The third kappa shape index (κ3) is 3.24. The second kappa shape index (κ2) is 6.04. The SMILES string of the molecule is COC(=O)c1ccc(Cl)c(NC(C)c2cscn2)c1. The number of anilines is 1. The maximum absolute atomic E-state index is 11.5. The molecule has 0 saturated carbocycles. The van der Waals surface area contributed by atoms with Crippen LogP contribution in [0.3, 0.4) is 0 Å². The van der Waals surface area contributed by atoms with E-state index in [1.807, 2.05) is 12.3 Å². The fourth-order valence-electron chi connectivity index (χ4n) is 1.62. The van der Waals surface area contributed by atoms with Gasteiger partial charge in [0.25, 0.3) is 0 Å². The second-order valence-electron chi connectivity index (χ2n) is 3.97. The Labute approximate surface area is 120 Å². The number of ether oxygens (including phenoxy) is 1. The summed E-state index contributed by atoms with van der Waals surface area (Å²) in [6, 6.07) is 4.99. The standard InChI is InChI=1S/C13H13ClN2O2S/c1-8(12-6-19-7-15-12)16-11-5-9(13(17)18-2)3-4-10(11)14/h3-8,16H,1-2H3. The Hall–Kier alpha value is -1.59. The van der Waals surface area contributed by atoms with Crippen LogP contribution in [0.4, 0.5) is 5.69 Å². The monoisotopic (exact) mass is 296 g/mol. The van der Waals surface area contributed by atoms with Crippen molar-refractivity contribution >= 4 is 34.6 Å². The van der Waals surface area contributed by atoms with Crippen molar-refractivity contribution < 1.29 is 9.53 Å². The van der Waals surface area contributed by atoms with Crippen molar-refractivity contribution in [2.45, 2.75) is 13.0 Å². The molecule has 100 valence electrons. The second-order valence-corrected chi connectivity index (χ2v) is 5.09. The van der Waals surface area contributed by atoms with Gasteiger partial charge in [0.2, 0.25) is 0 Å². The molecule has 1 aromatic carbocycles. The number of carbonyl (C=O) groups is 1. The summed E-state index contributed by atoms with van der Waals surface area (Å²) in [5.41, 5.74) is 3.86. The fraction of sp³-hybridized carbons (Fsp3) is 0.231. The van der Waals surface area contributed by atoms with Gasteiger partial charge in [-0.2, -0.15) is 0 Å². The molecule has 1 unspecified atom stereocenters. The lowest BCUT2D eigenvalue weighted by atomic mass is 10.1. The van der Waals surface area contributed by atoms with Gasteiger partial charge >= 0.3 is 5.97 Å². The van der Waals surface area contributed by atoms with Gasteiger partial charge in [-0.15, -0.1) is 11.3 Å². The molecular formula is C13H13ClN2O2S. The molecule has 0 saturated heterocycles. The van der Waals surface area contributed by atoms with Gasteiger partial charge < -0.3 is 10.1 Å². The molecule has 6 heteroatoms. The van der Waals surface area contributed by atoms with Gasteiger partial charge in [0.1, 0.15) is 0 Å². The lowest BCUT2D eigenvalue weighted by Crippen LogP contribution is -2.09. The summed E-state index contributed by atoms with van der Waals surface area (Å²) in [6.07, 6.45) is 0. The predicted octanol–water partition coefficient (Wildman–Crippen LogP) is 3.76. The highest BCUT2D eigenvalue weighted by atomic mass is 35.5. The van der Waals surface area contributed by atoms with Crippen LogP contribution in [0.2, 0.25) is 5.02 Å². The summed E-state index contributed by atoms with van der Waals surface area (Å²) in [5, 5.41) is 5.76. The molecule has 1 N–H and O–H groups in total. The summed E-state index contributed by atoms with van der Waals surface area (Å²) in [7, 11) is 1.35. The number of hydrogen-bond donors (Lipinski definition) is 1.